The smallest absolute Gasteiger partial charge is 0.330 e. The highest BCUT2D eigenvalue weighted by molar-refractivity contribution is 7.13. The van der Waals surface area contributed by atoms with E-state index in [1.165, 1.54) is 11.3 Å². The van der Waals surface area contributed by atoms with Crippen molar-refractivity contribution >= 4 is 51.6 Å². The Morgan fingerprint density at radius 1 is 1.20 bits per heavy atom. The van der Waals surface area contributed by atoms with Gasteiger partial charge in [-0.1, -0.05) is 44.0 Å². The number of aromatic nitrogens is 2. The van der Waals surface area contributed by atoms with Gasteiger partial charge in [0.15, 0.2) is 0 Å². The van der Waals surface area contributed by atoms with E-state index in [4.69, 9.17) is 31.0 Å². The van der Waals surface area contributed by atoms with Crippen molar-refractivity contribution in [1.29, 1.82) is 0 Å². The third-order valence-electron chi connectivity index (χ3n) is 8.95. The van der Waals surface area contributed by atoms with E-state index < -0.39 is 29.6 Å². The van der Waals surface area contributed by atoms with Crippen molar-refractivity contribution in [3.8, 4) is 22.2 Å². The van der Waals surface area contributed by atoms with Crippen LogP contribution in [0, 0.1) is 5.92 Å². The number of aliphatic carboxylic acids is 1. The normalized spacial score (nSPS) is 25.4. The molecule has 2 fully saturated rings. The Labute approximate surface area is 270 Å². The van der Waals surface area contributed by atoms with Crippen molar-refractivity contribution in [2.75, 3.05) is 13.7 Å². The molecule has 4 atom stereocenters. The van der Waals surface area contributed by atoms with Crippen LogP contribution >= 0.6 is 22.9 Å². The second-order valence-corrected chi connectivity index (χ2v) is 13.6. The van der Waals surface area contributed by atoms with Gasteiger partial charge in [0.05, 0.1) is 24.9 Å². The SMILES string of the molecule is COc1ccc2c(O[C@@H]3C[C@H]4C(=O)N[C@]5(C(=O)O)C[C@H]5C=CCCCCCC(=O)N4C3)cc(-c3nc(C(C)C)cs3)nc2c1Cl. The number of carbonyl (C=O) groups excluding carboxylic acids is 2. The van der Waals surface area contributed by atoms with Gasteiger partial charge in [-0.3, -0.25) is 9.59 Å². The van der Waals surface area contributed by atoms with E-state index in [-0.39, 0.29) is 30.7 Å². The molecule has 2 aromatic heterocycles. The number of allylic oxidation sites excluding steroid dienone is 1. The molecule has 6 rings (SSSR count). The van der Waals surface area contributed by atoms with Crippen LogP contribution in [0.3, 0.4) is 0 Å². The van der Waals surface area contributed by atoms with Gasteiger partial charge in [0.2, 0.25) is 11.8 Å². The first kappa shape index (κ1) is 31.3. The van der Waals surface area contributed by atoms with Crippen LogP contribution in [0.25, 0.3) is 21.6 Å². The van der Waals surface area contributed by atoms with E-state index in [1.54, 1.807) is 18.1 Å². The summed E-state index contributed by atoms with van der Waals surface area (Å²) in [4.78, 5) is 50.6. The summed E-state index contributed by atoms with van der Waals surface area (Å²) in [6.45, 7) is 4.35. The van der Waals surface area contributed by atoms with E-state index in [1.807, 2.05) is 29.7 Å². The molecule has 4 heterocycles. The monoisotopic (exact) mass is 652 g/mol. The topological polar surface area (TPSA) is 131 Å². The molecule has 2 N–H and O–H groups in total. The third kappa shape index (κ3) is 6.12. The minimum absolute atomic E-state index is 0.136. The summed E-state index contributed by atoms with van der Waals surface area (Å²) in [5.74, 6) is -0.720. The van der Waals surface area contributed by atoms with Crippen LogP contribution in [0.5, 0.6) is 11.5 Å². The van der Waals surface area contributed by atoms with E-state index in [2.05, 4.69) is 19.2 Å². The van der Waals surface area contributed by atoms with E-state index >= 15 is 0 Å². The van der Waals surface area contributed by atoms with Crippen molar-refractivity contribution in [2.45, 2.75) is 82.4 Å². The van der Waals surface area contributed by atoms with Gasteiger partial charge in [0, 0.05) is 35.6 Å². The highest BCUT2D eigenvalue weighted by atomic mass is 35.5. The van der Waals surface area contributed by atoms with Crippen molar-refractivity contribution < 1.29 is 29.0 Å². The number of pyridine rings is 1. The van der Waals surface area contributed by atoms with Gasteiger partial charge in [0.1, 0.15) is 44.9 Å². The fraction of sp³-hybridized carbons (Fsp3) is 0.485. The maximum Gasteiger partial charge on any atom is 0.330 e. The highest BCUT2D eigenvalue weighted by Crippen LogP contribution is 2.46. The van der Waals surface area contributed by atoms with Crippen LogP contribution in [0.1, 0.15) is 70.4 Å². The summed E-state index contributed by atoms with van der Waals surface area (Å²) in [5, 5.41) is 16.6. The second-order valence-electron chi connectivity index (χ2n) is 12.4. The zero-order valence-corrected chi connectivity index (χ0v) is 27.1. The maximum atomic E-state index is 13.7. The lowest BCUT2D eigenvalue weighted by Gasteiger charge is -2.25. The molecule has 1 saturated heterocycles. The third-order valence-corrected chi connectivity index (χ3v) is 10.2. The van der Waals surface area contributed by atoms with Crippen molar-refractivity contribution in [1.82, 2.24) is 20.2 Å². The van der Waals surface area contributed by atoms with Gasteiger partial charge in [-0.25, -0.2) is 14.8 Å². The van der Waals surface area contributed by atoms with Crippen LogP contribution in [-0.4, -0.2) is 69.1 Å². The number of nitrogens with one attached hydrogen (secondary N) is 1. The molecule has 238 valence electrons. The number of benzene rings is 1. The fourth-order valence-corrected chi connectivity index (χ4v) is 7.44. The minimum atomic E-state index is -1.35. The molecule has 3 aliphatic rings. The van der Waals surface area contributed by atoms with Crippen molar-refractivity contribution in [3.05, 3.63) is 46.4 Å². The van der Waals surface area contributed by atoms with Crippen LogP contribution in [-0.2, 0) is 14.4 Å². The van der Waals surface area contributed by atoms with E-state index in [0.717, 1.165) is 31.4 Å². The number of carbonyl (C=O) groups is 3. The lowest BCUT2D eigenvalue weighted by Crippen LogP contribution is -2.53. The Morgan fingerprint density at radius 2 is 2.02 bits per heavy atom. The molecule has 2 aliphatic heterocycles. The highest BCUT2D eigenvalue weighted by Gasteiger charge is 2.61. The number of hydrogen-bond acceptors (Lipinski definition) is 8. The molecule has 3 aromatic rings. The number of rotatable bonds is 6. The van der Waals surface area contributed by atoms with Gasteiger partial charge < -0.3 is 24.8 Å². The average Bonchev–Trinajstić information content (AvgIpc) is 3.33. The fourth-order valence-electron chi connectivity index (χ4n) is 6.21. The Morgan fingerprint density at radius 3 is 2.76 bits per heavy atom. The molecule has 2 amide bonds. The predicted octanol–water partition coefficient (Wildman–Crippen LogP) is 5.97. The van der Waals surface area contributed by atoms with Crippen LogP contribution in [0.2, 0.25) is 5.02 Å². The molecule has 1 saturated carbocycles. The Kier molecular flexibility index (Phi) is 8.76. The first-order valence-electron chi connectivity index (χ1n) is 15.4. The summed E-state index contributed by atoms with van der Waals surface area (Å²) in [6.07, 6.45) is 7.55. The number of carboxylic acids is 1. The molecule has 45 heavy (non-hydrogen) atoms. The summed E-state index contributed by atoms with van der Waals surface area (Å²) in [7, 11) is 1.54. The molecule has 0 spiro atoms. The summed E-state index contributed by atoms with van der Waals surface area (Å²) >= 11 is 8.22. The molecule has 1 aliphatic carbocycles. The number of halogens is 1. The number of carboxylic acid groups (broad SMARTS) is 1. The van der Waals surface area contributed by atoms with Crippen molar-refractivity contribution in [2.24, 2.45) is 5.92 Å². The Hall–Kier alpha value is -3.70. The Balaban J connectivity index is 1.33. The Bertz CT molecular complexity index is 1670. The number of amides is 2. The number of methoxy groups -OCH3 is 1. The van der Waals surface area contributed by atoms with Gasteiger partial charge in [-0.15, -0.1) is 11.3 Å². The lowest BCUT2D eigenvalue weighted by atomic mass is 10.1. The zero-order chi connectivity index (χ0) is 31.9. The number of ether oxygens (including phenoxy) is 2. The maximum absolute atomic E-state index is 13.7. The summed E-state index contributed by atoms with van der Waals surface area (Å²) in [5.41, 5.74) is 0.691. The van der Waals surface area contributed by atoms with Crippen LogP contribution in [0.15, 0.2) is 35.7 Å². The molecule has 12 heteroatoms. The van der Waals surface area contributed by atoms with Gasteiger partial charge in [-0.2, -0.15) is 0 Å². The van der Waals surface area contributed by atoms with Gasteiger partial charge in [-0.05, 0) is 43.7 Å². The quantitative estimate of drug-likeness (QED) is 0.312. The summed E-state index contributed by atoms with van der Waals surface area (Å²) in [6, 6.07) is 4.55. The first-order valence-corrected chi connectivity index (χ1v) is 16.7. The van der Waals surface area contributed by atoms with Gasteiger partial charge in [0.25, 0.3) is 0 Å². The van der Waals surface area contributed by atoms with Gasteiger partial charge >= 0.3 is 5.97 Å². The molecule has 0 radical (unpaired) electrons. The number of fused-ring (bicyclic) bond motifs is 3. The first-order chi connectivity index (χ1) is 21.6. The predicted molar refractivity (Wildman–Crippen MR) is 172 cm³/mol. The van der Waals surface area contributed by atoms with Crippen LogP contribution in [0.4, 0.5) is 0 Å². The lowest BCUT2D eigenvalue weighted by molar-refractivity contribution is -0.145. The minimum Gasteiger partial charge on any atom is -0.495 e. The number of thiazole rings is 1. The largest absolute Gasteiger partial charge is 0.495 e. The standard InChI is InChI=1S/C33H37ClN4O6S/c1-18(2)23-17-45-31(36-23)22-14-26(21-11-12-25(43-3)28(34)29(21)35-22)44-20-13-24-30(40)37-33(32(41)42)15-19(33)9-7-5-4-6-8-10-27(39)38(24)16-20/h7,9,11-12,14,17-20,24H,4-6,8,10,13,15-16H2,1-3H3,(H,37,40)(H,41,42)/t19-,20-,24+,33-/m1/s1. The molecule has 10 nitrogen and oxygen atoms in total. The number of nitrogens with zero attached hydrogens (tertiary/aromatic N) is 3. The molecule has 0 unspecified atom stereocenters. The molecule has 0 bridgehead atoms. The average molecular weight is 653 g/mol. The summed E-state index contributed by atoms with van der Waals surface area (Å²) < 4.78 is 12.1. The van der Waals surface area contributed by atoms with E-state index in [9.17, 15) is 19.5 Å². The molecular weight excluding hydrogens is 616 g/mol. The molecular formula is C33H37ClN4O6S. The van der Waals surface area contributed by atoms with Crippen LogP contribution < -0.4 is 14.8 Å². The van der Waals surface area contributed by atoms with E-state index in [0.29, 0.717) is 51.0 Å². The second kappa shape index (κ2) is 12.6. The molecule has 1 aromatic carbocycles. The zero-order valence-electron chi connectivity index (χ0n) is 25.5. The van der Waals surface area contributed by atoms with Crippen molar-refractivity contribution in [3.63, 3.8) is 0 Å². The number of hydrogen-bond donors (Lipinski definition) is 2.